The number of fused-ring (bicyclic) bond motifs is 1. The number of amides is 1. The van der Waals surface area contributed by atoms with Crippen LogP contribution in [0.15, 0.2) is 29.2 Å². The van der Waals surface area contributed by atoms with E-state index in [1.54, 1.807) is 12.1 Å². The third kappa shape index (κ3) is 2.13. The molecule has 1 aliphatic rings. The minimum Gasteiger partial charge on any atom is -0.377 e. The van der Waals surface area contributed by atoms with E-state index in [1.165, 1.54) is 12.1 Å². The zero-order valence-electron chi connectivity index (χ0n) is 10.3. The van der Waals surface area contributed by atoms with Crippen LogP contribution in [0.5, 0.6) is 0 Å². The van der Waals surface area contributed by atoms with E-state index in [4.69, 9.17) is 4.74 Å². The molecule has 1 amide bonds. The average Bonchev–Trinajstić information content (AvgIpc) is 2.50. The highest BCUT2D eigenvalue weighted by molar-refractivity contribution is 7.90. The lowest BCUT2D eigenvalue weighted by Crippen LogP contribution is -2.33. The van der Waals surface area contributed by atoms with E-state index in [2.05, 4.69) is 0 Å². The zero-order valence-corrected chi connectivity index (χ0v) is 11.1. The number of rotatable bonds is 4. The first-order valence-electron chi connectivity index (χ1n) is 5.72. The molecule has 0 aliphatic carbocycles. The van der Waals surface area contributed by atoms with Crippen LogP contribution >= 0.6 is 0 Å². The molecule has 0 N–H and O–H groups in total. The molecule has 6 heteroatoms. The molecule has 0 saturated heterocycles. The molecule has 0 bridgehead atoms. The molecule has 18 heavy (non-hydrogen) atoms. The van der Waals surface area contributed by atoms with Crippen molar-refractivity contribution in [3.05, 3.63) is 29.8 Å². The van der Waals surface area contributed by atoms with Crippen LogP contribution in [-0.2, 0) is 14.8 Å². The predicted molar refractivity (Wildman–Crippen MR) is 65.8 cm³/mol. The summed E-state index contributed by atoms with van der Waals surface area (Å²) in [7, 11) is -3.69. The van der Waals surface area contributed by atoms with Crippen molar-refractivity contribution in [3.8, 4) is 0 Å². The lowest BCUT2D eigenvalue weighted by molar-refractivity contribution is 0.0627. The van der Waals surface area contributed by atoms with Gasteiger partial charge in [0.1, 0.15) is 4.90 Å². The number of benzene rings is 1. The summed E-state index contributed by atoms with van der Waals surface area (Å²) in [5.41, 5.74) is 0.238. The second-order valence-corrected chi connectivity index (χ2v) is 6.13. The van der Waals surface area contributed by atoms with E-state index in [-0.39, 0.29) is 29.7 Å². The third-order valence-corrected chi connectivity index (χ3v) is 4.50. The number of carbonyl (C=O) groups is 1. The lowest BCUT2D eigenvalue weighted by Gasteiger charge is -2.16. The number of carbonyl (C=O) groups excluding carboxylic acids is 1. The summed E-state index contributed by atoms with van der Waals surface area (Å²) < 4.78 is 30.4. The summed E-state index contributed by atoms with van der Waals surface area (Å²) in [6, 6.07) is 6.24. The topological polar surface area (TPSA) is 63.7 Å². The van der Waals surface area contributed by atoms with Crippen molar-refractivity contribution in [1.82, 2.24) is 4.31 Å². The molecule has 5 nitrogen and oxygen atoms in total. The first kappa shape index (κ1) is 13.0. The Labute approximate surface area is 106 Å². The minimum absolute atomic E-state index is 0.00721. The van der Waals surface area contributed by atoms with E-state index in [0.29, 0.717) is 0 Å². The van der Waals surface area contributed by atoms with E-state index in [9.17, 15) is 13.2 Å². The SMILES string of the molecule is CC(C)OCCN1C(=O)c2ccccc2S1(=O)=O. The number of sulfonamides is 1. The second kappa shape index (κ2) is 4.70. The molecule has 1 aliphatic heterocycles. The molecule has 0 spiro atoms. The Balaban J connectivity index is 2.23. The number of hydrogen-bond donors (Lipinski definition) is 0. The summed E-state index contributed by atoms with van der Waals surface area (Å²) in [5.74, 6) is -0.474. The van der Waals surface area contributed by atoms with Crippen LogP contribution in [-0.4, -0.2) is 37.9 Å². The van der Waals surface area contributed by atoms with Crippen molar-refractivity contribution in [2.75, 3.05) is 13.2 Å². The van der Waals surface area contributed by atoms with Gasteiger partial charge in [0.25, 0.3) is 15.9 Å². The van der Waals surface area contributed by atoms with Crippen molar-refractivity contribution >= 4 is 15.9 Å². The van der Waals surface area contributed by atoms with E-state index >= 15 is 0 Å². The molecular formula is C12H15NO4S. The van der Waals surface area contributed by atoms with Crippen molar-refractivity contribution in [2.45, 2.75) is 24.8 Å². The highest BCUT2D eigenvalue weighted by Crippen LogP contribution is 2.29. The highest BCUT2D eigenvalue weighted by atomic mass is 32.2. The van der Waals surface area contributed by atoms with E-state index < -0.39 is 15.9 Å². The van der Waals surface area contributed by atoms with Crippen molar-refractivity contribution in [3.63, 3.8) is 0 Å². The van der Waals surface area contributed by atoms with Crippen LogP contribution in [0.1, 0.15) is 24.2 Å². The van der Waals surface area contributed by atoms with Gasteiger partial charge in [-0.25, -0.2) is 12.7 Å². The van der Waals surface area contributed by atoms with Crippen molar-refractivity contribution in [1.29, 1.82) is 0 Å². The van der Waals surface area contributed by atoms with Gasteiger partial charge in [-0.3, -0.25) is 4.79 Å². The standard InChI is InChI=1S/C12H15NO4S/c1-9(2)17-8-7-13-12(14)10-5-3-4-6-11(10)18(13,15)16/h3-6,9H,7-8H2,1-2H3. The van der Waals surface area contributed by atoms with Crippen LogP contribution < -0.4 is 0 Å². The monoisotopic (exact) mass is 269 g/mol. The maximum Gasteiger partial charge on any atom is 0.269 e. The fourth-order valence-electron chi connectivity index (χ4n) is 1.82. The lowest BCUT2D eigenvalue weighted by atomic mass is 10.2. The van der Waals surface area contributed by atoms with Gasteiger partial charge in [0.05, 0.1) is 24.8 Å². The van der Waals surface area contributed by atoms with Crippen LogP contribution in [0.2, 0.25) is 0 Å². The van der Waals surface area contributed by atoms with Crippen molar-refractivity contribution in [2.24, 2.45) is 0 Å². The van der Waals surface area contributed by atoms with Gasteiger partial charge in [-0.1, -0.05) is 12.1 Å². The second-order valence-electron chi connectivity index (χ2n) is 4.30. The van der Waals surface area contributed by atoms with Gasteiger partial charge < -0.3 is 4.74 Å². The summed E-state index contributed by atoms with van der Waals surface area (Å²) in [6.07, 6.45) is 0.00721. The summed E-state index contributed by atoms with van der Waals surface area (Å²) >= 11 is 0. The van der Waals surface area contributed by atoms with Crippen LogP contribution in [0.3, 0.4) is 0 Å². The average molecular weight is 269 g/mol. The first-order valence-corrected chi connectivity index (χ1v) is 7.16. The molecule has 2 rings (SSSR count). The van der Waals surface area contributed by atoms with Crippen LogP contribution in [0, 0.1) is 0 Å². The minimum atomic E-state index is -3.69. The molecule has 0 radical (unpaired) electrons. The van der Waals surface area contributed by atoms with Gasteiger partial charge >= 0.3 is 0 Å². The van der Waals surface area contributed by atoms with E-state index in [0.717, 1.165) is 4.31 Å². The smallest absolute Gasteiger partial charge is 0.269 e. The summed E-state index contributed by atoms with van der Waals surface area (Å²) in [4.78, 5) is 12.1. The fourth-order valence-corrected chi connectivity index (χ4v) is 3.38. The zero-order chi connectivity index (χ0) is 13.3. The Hall–Kier alpha value is -1.40. The Bertz CT molecular complexity index is 565. The van der Waals surface area contributed by atoms with Gasteiger partial charge in [-0.05, 0) is 26.0 Å². The molecule has 1 aromatic carbocycles. The van der Waals surface area contributed by atoms with Crippen molar-refractivity contribution < 1.29 is 17.9 Å². The van der Waals surface area contributed by atoms with Crippen LogP contribution in [0.4, 0.5) is 0 Å². The number of hydrogen-bond acceptors (Lipinski definition) is 4. The molecule has 0 fully saturated rings. The summed E-state index contributed by atoms with van der Waals surface area (Å²) in [6.45, 7) is 3.97. The van der Waals surface area contributed by atoms with E-state index in [1.807, 2.05) is 13.8 Å². The molecule has 0 saturated carbocycles. The Morgan fingerprint density at radius 3 is 2.56 bits per heavy atom. The quantitative estimate of drug-likeness (QED) is 0.825. The largest absolute Gasteiger partial charge is 0.377 e. The maximum absolute atomic E-state index is 12.1. The predicted octanol–water partition coefficient (Wildman–Crippen LogP) is 1.26. The Kier molecular flexibility index (Phi) is 3.41. The molecule has 0 unspecified atom stereocenters. The normalized spacial score (nSPS) is 17.3. The molecule has 98 valence electrons. The fraction of sp³-hybridized carbons (Fsp3) is 0.417. The van der Waals surface area contributed by atoms with Gasteiger partial charge in [0, 0.05) is 0 Å². The first-order chi connectivity index (χ1) is 8.44. The van der Waals surface area contributed by atoms with Gasteiger partial charge in [-0.2, -0.15) is 0 Å². The summed E-state index contributed by atoms with van der Waals surface area (Å²) in [5, 5.41) is 0. The molecule has 0 aromatic heterocycles. The third-order valence-electron chi connectivity index (χ3n) is 2.66. The Morgan fingerprint density at radius 2 is 1.94 bits per heavy atom. The molecule has 1 heterocycles. The Morgan fingerprint density at radius 1 is 1.28 bits per heavy atom. The number of nitrogens with zero attached hydrogens (tertiary/aromatic N) is 1. The highest BCUT2D eigenvalue weighted by Gasteiger charge is 2.40. The molecule has 1 aromatic rings. The molecular weight excluding hydrogens is 254 g/mol. The molecule has 0 atom stereocenters. The van der Waals surface area contributed by atoms with Gasteiger partial charge in [-0.15, -0.1) is 0 Å². The van der Waals surface area contributed by atoms with Gasteiger partial charge in [0.15, 0.2) is 0 Å². The number of ether oxygens (including phenoxy) is 1. The van der Waals surface area contributed by atoms with Crippen LogP contribution in [0.25, 0.3) is 0 Å². The maximum atomic E-state index is 12.1. The van der Waals surface area contributed by atoms with Gasteiger partial charge in [0.2, 0.25) is 0 Å².